The van der Waals surface area contributed by atoms with Crippen molar-refractivity contribution in [3.8, 4) is 0 Å². The molecule has 0 amide bonds. The van der Waals surface area contributed by atoms with E-state index < -0.39 is 5.60 Å². The second kappa shape index (κ2) is 5.85. The van der Waals surface area contributed by atoms with Gasteiger partial charge < -0.3 is 5.11 Å². The Kier molecular flexibility index (Phi) is 4.53. The van der Waals surface area contributed by atoms with Crippen LogP contribution in [0.25, 0.3) is 0 Å². The molecule has 1 N–H and O–H groups in total. The predicted octanol–water partition coefficient (Wildman–Crippen LogP) is 4.73. The number of benzene rings is 1. The van der Waals surface area contributed by atoms with Crippen molar-refractivity contribution in [1.82, 2.24) is 0 Å². The quantitative estimate of drug-likeness (QED) is 0.776. The van der Waals surface area contributed by atoms with Crippen LogP contribution in [-0.2, 0) is 6.42 Å². The highest BCUT2D eigenvalue weighted by Crippen LogP contribution is 2.40. The third-order valence-electron chi connectivity index (χ3n) is 4.85. The van der Waals surface area contributed by atoms with Gasteiger partial charge in [-0.1, -0.05) is 45.4 Å². The molecule has 0 heterocycles. The number of aliphatic hydroxyl groups is 1. The van der Waals surface area contributed by atoms with Crippen molar-refractivity contribution in [2.75, 3.05) is 0 Å². The molecule has 2 atom stereocenters. The van der Waals surface area contributed by atoms with Crippen molar-refractivity contribution in [3.63, 3.8) is 0 Å². The summed E-state index contributed by atoms with van der Waals surface area (Å²) in [5, 5.41) is 10.8. The van der Waals surface area contributed by atoms with Gasteiger partial charge in [-0.05, 0) is 48.6 Å². The zero-order valence-electron chi connectivity index (χ0n) is 13.0. The Morgan fingerprint density at radius 2 is 1.90 bits per heavy atom. The van der Waals surface area contributed by atoms with Gasteiger partial charge in [-0.2, -0.15) is 0 Å². The standard InChI is InChI=1S/C18H27FO/c1-17(2,3)15-8-6-11-18(20,12-10-15)13-14-7-4-5-9-16(14)19/h4-5,7,9,15,20H,6,8,10-13H2,1-3H3. The Bertz CT molecular complexity index is 449. The summed E-state index contributed by atoms with van der Waals surface area (Å²) < 4.78 is 13.8. The molecule has 0 aromatic heterocycles. The van der Waals surface area contributed by atoms with Gasteiger partial charge in [0.15, 0.2) is 0 Å². The molecule has 0 radical (unpaired) electrons. The normalized spacial score (nSPS) is 28.1. The van der Waals surface area contributed by atoms with E-state index in [-0.39, 0.29) is 5.82 Å². The van der Waals surface area contributed by atoms with E-state index in [9.17, 15) is 9.50 Å². The largest absolute Gasteiger partial charge is 0.390 e. The molecule has 0 bridgehead atoms. The highest BCUT2D eigenvalue weighted by atomic mass is 19.1. The van der Waals surface area contributed by atoms with Gasteiger partial charge in [-0.15, -0.1) is 0 Å². The molecule has 1 aliphatic rings. The molecule has 2 heteroatoms. The maximum atomic E-state index is 13.8. The highest BCUT2D eigenvalue weighted by molar-refractivity contribution is 5.19. The van der Waals surface area contributed by atoms with E-state index in [0.29, 0.717) is 23.3 Å². The number of halogens is 1. The Morgan fingerprint density at radius 1 is 1.20 bits per heavy atom. The SMILES string of the molecule is CC(C)(C)C1CCCC(O)(Cc2ccccc2F)CC1. The molecule has 0 spiro atoms. The number of hydrogen-bond donors (Lipinski definition) is 1. The second-order valence-electron chi connectivity index (χ2n) is 7.49. The van der Waals surface area contributed by atoms with E-state index >= 15 is 0 Å². The van der Waals surface area contributed by atoms with E-state index in [0.717, 1.165) is 25.7 Å². The number of rotatable bonds is 2. The fourth-order valence-electron chi connectivity index (χ4n) is 3.43. The van der Waals surface area contributed by atoms with Crippen LogP contribution < -0.4 is 0 Å². The lowest BCUT2D eigenvalue weighted by molar-refractivity contribution is 0.0218. The van der Waals surface area contributed by atoms with Crippen LogP contribution in [0.3, 0.4) is 0 Å². The zero-order valence-corrected chi connectivity index (χ0v) is 13.0. The lowest BCUT2D eigenvalue weighted by Crippen LogP contribution is -2.31. The smallest absolute Gasteiger partial charge is 0.126 e. The Hall–Kier alpha value is -0.890. The van der Waals surface area contributed by atoms with E-state index in [1.165, 1.54) is 12.5 Å². The molecular formula is C18H27FO. The van der Waals surface area contributed by atoms with Crippen LogP contribution >= 0.6 is 0 Å². The van der Waals surface area contributed by atoms with Gasteiger partial charge in [0.2, 0.25) is 0 Å². The van der Waals surface area contributed by atoms with Crippen LogP contribution in [0.4, 0.5) is 4.39 Å². The molecular weight excluding hydrogens is 251 g/mol. The third-order valence-corrected chi connectivity index (χ3v) is 4.85. The number of hydrogen-bond acceptors (Lipinski definition) is 1. The van der Waals surface area contributed by atoms with Crippen molar-refractivity contribution < 1.29 is 9.50 Å². The van der Waals surface area contributed by atoms with Crippen LogP contribution in [0.2, 0.25) is 0 Å². The summed E-state index contributed by atoms with van der Waals surface area (Å²) in [6.45, 7) is 6.83. The van der Waals surface area contributed by atoms with E-state index in [2.05, 4.69) is 20.8 Å². The first kappa shape index (κ1) is 15.5. The third kappa shape index (κ3) is 3.82. The first-order valence-electron chi connectivity index (χ1n) is 7.76. The van der Waals surface area contributed by atoms with Crippen molar-refractivity contribution in [1.29, 1.82) is 0 Å². The molecule has 1 nitrogen and oxygen atoms in total. The lowest BCUT2D eigenvalue weighted by Gasteiger charge is -2.31. The summed E-state index contributed by atoms with van der Waals surface area (Å²) in [5.74, 6) is 0.453. The molecule has 2 unspecified atom stereocenters. The molecule has 1 aliphatic carbocycles. The van der Waals surface area contributed by atoms with Gasteiger partial charge in [0, 0.05) is 6.42 Å². The highest BCUT2D eigenvalue weighted by Gasteiger charge is 2.35. The van der Waals surface area contributed by atoms with E-state index in [1.54, 1.807) is 12.1 Å². The van der Waals surface area contributed by atoms with Gasteiger partial charge in [-0.25, -0.2) is 4.39 Å². The van der Waals surface area contributed by atoms with Gasteiger partial charge in [0.25, 0.3) is 0 Å². The monoisotopic (exact) mass is 278 g/mol. The first-order chi connectivity index (χ1) is 9.30. The molecule has 0 aliphatic heterocycles. The molecule has 2 rings (SSSR count). The lowest BCUT2D eigenvalue weighted by atomic mass is 9.76. The summed E-state index contributed by atoms with van der Waals surface area (Å²) in [6.07, 6.45) is 5.25. The minimum Gasteiger partial charge on any atom is -0.390 e. The second-order valence-corrected chi connectivity index (χ2v) is 7.49. The maximum Gasteiger partial charge on any atom is 0.126 e. The van der Waals surface area contributed by atoms with E-state index in [1.807, 2.05) is 6.07 Å². The first-order valence-corrected chi connectivity index (χ1v) is 7.76. The van der Waals surface area contributed by atoms with Gasteiger partial charge in [0.05, 0.1) is 5.60 Å². The summed E-state index contributed by atoms with van der Waals surface area (Å²) in [7, 11) is 0. The fourth-order valence-corrected chi connectivity index (χ4v) is 3.43. The zero-order chi connectivity index (χ0) is 14.8. The van der Waals surface area contributed by atoms with Crippen LogP contribution in [0.1, 0.15) is 58.4 Å². The molecule has 1 aromatic carbocycles. The molecule has 1 fully saturated rings. The van der Waals surface area contributed by atoms with E-state index in [4.69, 9.17) is 0 Å². The molecule has 20 heavy (non-hydrogen) atoms. The molecule has 112 valence electrons. The fraction of sp³-hybridized carbons (Fsp3) is 0.667. The average Bonchev–Trinajstić information content (AvgIpc) is 2.54. The van der Waals surface area contributed by atoms with Crippen molar-refractivity contribution in [2.24, 2.45) is 11.3 Å². The topological polar surface area (TPSA) is 20.2 Å². The van der Waals surface area contributed by atoms with Gasteiger partial charge >= 0.3 is 0 Å². The van der Waals surface area contributed by atoms with Crippen molar-refractivity contribution >= 4 is 0 Å². The minimum absolute atomic E-state index is 0.197. The Labute approximate surface area is 122 Å². The summed E-state index contributed by atoms with van der Waals surface area (Å²) in [4.78, 5) is 0. The van der Waals surface area contributed by atoms with Crippen molar-refractivity contribution in [3.05, 3.63) is 35.6 Å². The molecule has 1 aromatic rings. The predicted molar refractivity (Wildman–Crippen MR) is 81.1 cm³/mol. The van der Waals surface area contributed by atoms with Crippen LogP contribution in [0.15, 0.2) is 24.3 Å². The van der Waals surface area contributed by atoms with Gasteiger partial charge in [-0.3, -0.25) is 0 Å². The Morgan fingerprint density at radius 3 is 2.55 bits per heavy atom. The van der Waals surface area contributed by atoms with Crippen molar-refractivity contribution in [2.45, 2.75) is 64.9 Å². The summed E-state index contributed by atoms with van der Waals surface area (Å²) in [6, 6.07) is 6.81. The summed E-state index contributed by atoms with van der Waals surface area (Å²) in [5.41, 5.74) is 0.204. The van der Waals surface area contributed by atoms with Crippen LogP contribution in [0.5, 0.6) is 0 Å². The Balaban J connectivity index is 2.06. The van der Waals surface area contributed by atoms with Gasteiger partial charge in [0.1, 0.15) is 5.82 Å². The van der Waals surface area contributed by atoms with Crippen LogP contribution in [-0.4, -0.2) is 10.7 Å². The molecule has 1 saturated carbocycles. The summed E-state index contributed by atoms with van der Waals surface area (Å²) >= 11 is 0. The van der Waals surface area contributed by atoms with Crippen LogP contribution in [0, 0.1) is 17.2 Å². The maximum absolute atomic E-state index is 13.8. The minimum atomic E-state index is -0.734. The molecule has 0 saturated heterocycles. The average molecular weight is 278 g/mol.